The summed E-state index contributed by atoms with van der Waals surface area (Å²) in [7, 11) is 0. The zero-order chi connectivity index (χ0) is 17.6. The van der Waals surface area contributed by atoms with E-state index in [0.717, 1.165) is 18.5 Å². The minimum absolute atomic E-state index is 0.00787. The van der Waals surface area contributed by atoms with Gasteiger partial charge in [0.25, 0.3) is 0 Å². The summed E-state index contributed by atoms with van der Waals surface area (Å²) in [5.41, 5.74) is 1.13. The van der Waals surface area contributed by atoms with E-state index < -0.39 is 6.04 Å². The van der Waals surface area contributed by atoms with Crippen LogP contribution >= 0.6 is 0 Å². The van der Waals surface area contributed by atoms with E-state index in [1.54, 1.807) is 11.1 Å². The van der Waals surface area contributed by atoms with Crippen LogP contribution in [0.25, 0.3) is 0 Å². The summed E-state index contributed by atoms with van der Waals surface area (Å²) < 4.78 is 5.28. The number of piperidine rings is 1. The molecule has 0 aliphatic carbocycles. The molecule has 3 amide bonds. The Morgan fingerprint density at radius 1 is 1.28 bits per heavy atom. The molecule has 0 bridgehead atoms. The molecule has 1 atom stereocenters. The van der Waals surface area contributed by atoms with Crippen molar-refractivity contribution in [3.05, 3.63) is 18.0 Å². The van der Waals surface area contributed by atoms with Crippen molar-refractivity contribution < 1.29 is 14.3 Å². The lowest BCUT2D eigenvalue weighted by molar-refractivity contribution is -0.137. The van der Waals surface area contributed by atoms with Crippen molar-refractivity contribution in [1.29, 1.82) is 0 Å². The lowest BCUT2D eigenvalue weighted by Crippen LogP contribution is -2.54. The molecule has 8 heteroatoms. The first-order valence-electron chi connectivity index (χ1n) is 9.10. The Bertz CT molecular complexity index is 563. The molecule has 2 fully saturated rings. The standard InChI is InChI=1S/C17H27N5O3/c1-2-14(16(23)21-9-11-25-12-10-21)19-17(24)22-7-4-13(5-8-22)15-3-6-18-20-15/h3,6,13-14H,2,4-5,7-12H2,1H3,(H,18,20)(H,19,24). The number of aromatic amines is 1. The van der Waals surface area contributed by atoms with Crippen LogP contribution in [0.1, 0.15) is 37.8 Å². The van der Waals surface area contributed by atoms with Crippen LogP contribution in [-0.2, 0) is 9.53 Å². The van der Waals surface area contributed by atoms with Gasteiger partial charge in [0.15, 0.2) is 0 Å². The van der Waals surface area contributed by atoms with Crippen molar-refractivity contribution in [3.63, 3.8) is 0 Å². The van der Waals surface area contributed by atoms with Gasteiger partial charge >= 0.3 is 6.03 Å². The second kappa shape index (κ2) is 8.33. The van der Waals surface area contributed by atoms with E-state index in [0.29, 0.717) is 51.7 Å². The predicted octanol–water partition coefficient (Wildman–Crippen LogP) is 0.936. The lowest BCUT2D eigenvalue weighted by Gasteiger charge is -2.34. The van der Waals surface area contributed by atoms with E-state index in [1.165, 1.54) is 0 Å². The first-order valence-corrected chi connectivity index (χ1v) is 9.10. The number of hydrogen-bond acceptors (Lipinski definition) is 4. The van der Waals surface area contributed by atoms with Gasteiger partial charge < -0.3 is 19.9 Å². The average molecular weight is 349 g/mol. The summed E-state index contributed by atoms with van der Waals surface area (Å²) in [6, 6.07) is 1.39. The highest BCUT2D eigenvalue weighted by Gasteiger charge is 2.29. The van der Waals surface area contributed by atoms with E-state index >= 15 is 0 Å². The second-order valence-corrected chi connectivity index (χ2v) is 6.62. The number of likely N-dealkylation sites (tertiary alicyclic amines) is 1. The Kier molecular flexibility index (Phi) is 5.91. The smallest absolute Gasteiger partial charge is 0.318 e. The Labute approximate surface area is 147 Å². The Morgan fingerprint density at radius 2 is 2.00 bits per heavy atom. The fourth-order valence-electron chi connectivity index (χ4n) is 3.47. The molecule has 2 aliphatic rings. The SMILES string of the molecule is CCC(NC(=O)N1CCC(c2ccn[nH]2)CC1)C(=O)N1CCOCC1. The fourth-order valence-corrected chi connectivity index (χ4v) is 3.47. The van der Waals surface area contributed by atoms with Crippen molar-refractivity contribution in [3.8, 4) is 0 Å². The molecule has 3 rings (SSSR count). The van der Waals surface area contributed by atoms with Crippen LogP contribution in [0.3, 0.4) is 0 Å². The number of carbonyl (C=O) groups excluding carboxylic acids is 2. The maximum absolute atomic E-state index is 12.6. The topological polar surface area (TPSA) is 90.6 Å². The molecule has 2 saturated heterocycles. The summed E-state index contributed by atoms with van der Waals surface area (Å²) in [6.07, 6.45) is 4.16. The zero-order valence-electron chi connectivity index (χ0n) is 14.7. The highest BCUT2D eigenvalue weighted by Crippen LogP contribution is 2.26. The highest BCUT2D eigenvalue weighted by atomic mass is 16.5. The second-order valence-electron chi connectivity index (χ2n) is 6.62. The van der Waals surface area contributed by atoms with Crippen LogP contribution < -0.4 is 5.32 Å². The summed E-state index contributed by atoms with van der Waals surface area (Å²) in [6.45, 7) is 5.64. The molecular weight excluding hydrogens is 322 g/mol. The van der Waals surface area contributed by atoms with Gasteiger partial charge in [-0.25, -0.2) is 4.79 Å². The van der Waals surface area contributed by atoms with Gasteiger partial charge in [0, 0.05) is 44.0 Å². The van der Waals surface area contributed by atoms with Crippen molar-refractivity contribution >= 4 is 11.9 Å². The van der Waals surface area contributed by atoms with Gasteiger partial charge in [0.2, 0.25) is 5.91 Å². The van der Waals surface area contributed by atoms with Crippen LogP contribution in [0.15, 0.2) is 12.3 Å². The van der Waals surface area contributed by atoms with Gasteiger partial charge in [-0.3, -0.25) is 9.89 Å². The number of H-pyrrole nitrogens is 1. The number of ether oxygens (including phenoxy) is 1. The van der Waals surface area contributed by atoms with Gasteiger partial charge in [0.1, 0.15) is 6.04 Å². The lowest BCUT2D eigenvalue weighted by atomic mass is 9.94. The summed E-state index contributed by atoms with van der Waals surface area (Å²) in [5.74, 6) is 0.412. The molecule has 1 aromatic rings. The fraction of sp³-hybridized carbons (Fsp3) is 0.706. The van der Waals surface area contributed by atoms with E-state index in [2.05, 4.69) is 15.5 Å². The third-order valence-corrected chi connectivity index (χ3v) is 5.07. The number of rotatable bonds is 4. The number of nitrogens with zero attached hydrogens (tertiary/aromatic N) is 3. The monoisotopic (exact) mass is 349 g/mol. The number of carbonyl (C=O) groups is 2. The van der Waals surface area contributed by atoms with E-state index in [4.69, 9.17) is 4.74 Å². The molecule has 0 aromatic carbocycles. The Hall–Kier alpha value is -2.09. The van der Waals surface area contributed by atoms with Crippen LogP contribution in [0.2, 0.25) is 0 Å². The molecule has 138 valence electrons. The molecule has 2 aliphatic heterocycles. The van der Waals surface area contributed by atoms with Gasteiger partial charge in [-0.05, 0) is 25.3 Å². The third-order valence-electron chi connectivity index (χ3n) is 5.07. The normalized spacial score (nSPS) is 20.4. The maximum atomic E-state index is 12.6. The van der Waals surface area contributed by atoms with E-state index in [-0.39, 0.29) is 11.9 Å². The molecule has 25 heavy (non-hydrogen) atoms. The molecule has 1 aromatic heterocycles. The van der Waals surface area contributed by atoms with Crippen LogP contribution in [0, 0.1) is 0 Å². The quantitative estimate of drug-likeness (QED) is 0.846. The maximum Gasteiger partial charge on any atom is 0.318 e. The molecular formula is C17H27N5O3. The van der Waals surface area contributed by atoms with Gasteiger partial charge in [-0.1, -0.05) is 6.92 Å². The van der Waals surface area contributed by atoms with Crippen molar-refractivity contribution in [2.75, 3.05) is 39.4 Å². The number of urea groups is 1. The molecule has 0 spiro atoms. The summed E-state index contributed by atoms with van der Waals surface area (Å²) >= 11 is 0. The molecule has 1 unspecified atom stereocenters. The molecule has 0 radical (unpaired) electrons. The number of morpholine rings is 1. The largest absolute Gasteiger partial charge is 0.378 e. The average Bonchev–Trinajstić information content (AvgIpc) is 3.21. The minimum atomic E-state index is -0.462. The van der Waals surface area contributed by atoms with Gasteiger partial charge in [-0.15, -0.1) is 0 Å². The van der Waals surface area contributed by atoms with Crippen LogP contribution in [0.4, 0.5) is 4.79 Å². The van der Waals surface area contributed by atoms with Gasteiger partial charge in [0.05, 0.1) is 13.2 Å². The minimum Gasteiger partial charge on any atom is -0.378 e. The Morgan fingerprint density at radius 3 is 2.60 bits per heavy atom. The summed E-state index contributed by atoms with van der Waals surface area (Å²) in [5, 5.41) is 9.93. The van der Waals surface area contributed by atoms with Gasteiger partial charge in [-0.2, -0.15) is 5.10 Å². The van der Waals surface area contributed by atoms with Crippen molar-refractivity contribution in [2.24, 2.45) is 0 Å². The van der Waals surface area contributed by atoms with Crippen LogP contribution in [-0.4, -0.2) is 77.4 Å². The number of amides is 3. The summed E-state index contributed by atoms with van der Waals surface area (Å²) in [4.78, 5) is 28.7. The number of hydrogen-bond donors (Lipinski definition) is 2. The first kappa shape index (κ1) is 17.7. The Balaban J connectivity index is 1.49. The van der Waals surface area contributed by atoms with E-state index in [1.807, 2.05) is 17.9 Å². The number of nitrogens with one attached hydrogen (secondary N) is 2. The first-order chi connectivity index (χ1) is 12.2. The molecule has 3 heterocycles. The van der Waals surface area contributed by atoms with Crippen molar-refractivity contribution in [1.82, 2.24) is 25.3 Å². The predicted molar refractivity (Wildman–Crippen MR) is 92.1 cm³/mol. The molecule has 0 saturated carbocycles. The molecule has 2 N–H and O–H groups in total. The molecule has 8 nitrogen and oxygen atoms in total. The van der Waals surface area contributed by atoms with E-state index in [9.17, 15) is 9.59 Å². The van der Waals surface area contributed by atoms with Crippen LogP contribution in [0.5, 0.6) is 0 Å². The highest BCUT2D eigenvalue weighted by molar-refractivity contribution is 5.87. The third kappa shape index (κ3) is 4.31. The number of aromatic nitrogens is 2. The zero-order valence-corrected chi connectivity index (χ0v) is 14.7. The van der Waals surface area contributed by atoms with Crippen molar-refractivity contribution in [2.45, 2.75) is 38.1 Å².